The number of ether oxygens (including phenoxy) is 1. The summed E-state index contributed by atoms with van der Waals surface area (Å²) in [4.78, 5) is 26.8. The van der Waals surface area contributed by atoms with E-state index in [-0.39, 0.29) is 23.2 Å². The van der Waals surface area contributed by atoms with Gasteiger partial charge in [0.1, 0.15) is 0 Å². The Morgan fingerprint density at radius 1 is 1.29 bits per heavy atom. The normalized spacial score (nSPS) is 21.6. The van der Waals surface area contributed by atoms with Crippen molar-refractivity contribution in [3.05, 3.63) is 0 Å². The van der Waals surface area contributed by atoms with Crippen LogP contribution in [0.2, 0.25) is 0 Å². The molecule has 162 valence electrons. The monoisotopic (exact) mass is 398 g/mol. The van der Waals surface area contributed by atoms with Gasteiger partial charge in [0, 0.05) is 56.9 Å². The fourth-order valence-corrected chi connectivity index (χ4v) is 3.73. The Labute approximate surface area is 168 Å². The summed E-state index contributed by atoms with van der Waals surface area (Å²) in [6.45, 7) is 14.8. The molecule has 0 saturated carbocycles. The number of carbonyl (C=O) groups is 2. The van der Waals surface area contributed by atoms with Crippen molar-refractivity contribution in [2.45, 2.75) is 57.7 Å². The van der Waals surface area contributed by atoms with Crippen molar-refractivity contribution in [2.24, 2.45) is 5.73 Å². The van der Waals surface area contributed by atoms with Crippen LogP contribution in [-0.2, 0) is 4.74 Å². The van der Waals surface area contributed by atoms with Crippen LogP contribution in [0.15, 0.2) is 0 Å². The number of hydrogen-bond acceptors (Lipinski definition) is 5. The van der Waals surface area contributed by atoms with Crippen LogP contribution < -0.4 is 21.7 Å². The zero-order valence-corrected chi connectivity index (χ0v) is 17.8. The summed E-state index contributed by atoms with van der Waals surface area (Å²) in [7, 11) is 0. The minimum absolute atomic E-state index is 0.00726. The second kappa shape index (κ2) is 9.76. The van der Waals surface area contributed by atoms with Crippen LogP contribution in [0.25, 0.3) is 0 Å². The number of amides is 4. The second-order valence-electron chi connectivity index (χ2n) is 9.03. The Morgan fingerprint density at radius 3 is 2.68 bits per heavy atom. The summed E-state index contributed by atoms with van der Waals surface area (Å²) in [6, 6.07) is -0.479. The van der Waals surface area contributed by atoms with Crippen molar-refractivity contribution in [1.82, 2.24) is 25.8 Å². The van der Waals surface area contributed by atoms with E-state index in [4.69, 9.17) is 10.5 Å². The first kappa shape index (κ1) is 22.7. The highest BCUT2D eigenvalue weighted by Gasteiger charge is 2.33. The number of morpholine rings is 1. The summed E-state index contributed by atoms with van der Waals surface area (Å²) >= 11 is 0. The molecule has 2 heterocycles. The Bertz CT molecular complexity index is 540. The molecule has 2 aliphatic heterocycles. The van der Waals surface area contributed by atoms with Crippen LogP contribution in [-0.4, -0.2) is 91.5 Å². The molecule has 2 saturated heterocycles. The van der Waals surface area contributed by atoms with Gasteiger partial charge in [-0.25, -0.2) is 9.59 Å². The second-order valence-corrected chi connectivity index (χ2v) is 9.03. The lowest BCUT2D eigenvalue weighted by molar-refractivity contribution is -0.0627. The smallest absolute Gasteiger partial charge is 0.317 e. The lowest BCUT2D eigenvalue weighted by Crippen LogP contribution is -2.56. The highest BCUT2D eigenvalue weighted by atomic mass is 16.5. The van der Waals surface area contributed by atoms with Crippen molar-refractivity contribution in [3.8, 4) is 0 Å². The van der Waals surface area contributed by atoms with Crippen molar-refractivity contribution >= 4 is 12.1 Å². The van der Waals surface area contributed by atoms with Crippen LogP contribution in [0, 0.1) is 0 Å². The molecule has 5 N–H and O–H groups in total. The van der Waals surface area contributed by atoms with Gasteiger partial charge in [0.05, 0.1) is 12.7 Å². The highest BCUT2D eigenvalue weighted by molar-refractivity contribution is 5.76. The van der Waals surface area contributed by atoms with Gasteiger partial charge in [-0.2, -0.15) is 0 Å². The maximum absolute atomic E-state index is 11.6. The molecule has 4 amide bonds. The van der Waals surface area contributed by atoms with Crippen LogP contribution in [0.1, 0.15) is 40.5 Å². The molecule has 1 unspecified atom stereocenters. The van der Waals surface area contributed by atoms with Gasteiger partial charge in [0.25, 0.3) is 0 Å². The Kier molecular flexibility index (Phi) is 7.91. The van der Waals surface area contributed by atoms with E-state index in [1.165, 1.54) is 0 Å². The van der Waals surface area contributed by atoms with Crippen LogP contribution in [0.5, 0.6) is 0 Å². The predicted molar refractivity (Wildman–Crippen MR) is 109 cm³/mol. The van der Waals surface area contributed by atoms with E-state index in [1.54, 1.807) is 0 Å². The fraction of sp³-hybridized carbons (Fsp3) is 0.895. The molecule has 0 aromatic rings. The third-order valence-corrected chi connectivity index (χ3v) is 5.79. The van der Waals surface area contributed by atoms with Gasteiger partial charge in [-0.3, -0.25) is 4.90 Å². The Morgan fingerprint density at radius 2 is 2.04 bits per heavy atom. The fourth-order valence-electron chi connectivity index (χ4n) is 3.73. The van der Waals surface area contributed by atoms with Crippen molar-refractivity contribution in [1.29, 1.82) is 0 Å². The van der Waals surface area contributed by atoms with Crippen LogP contribution in [0.4, 0.5) is 9.59 Å². The van der Waals surface area contributed by atoms with Crippen LogP contribution >= 0.6 is 0 Å². The predicted octanol–water partition coefficient (Wildman–Crippen LogP) is 0.308. The van der Waals surface area contributed by atoms with E-state index in [9.17, 15) is 9.59 Å². The average Bonchev–Trinajstić information content (AvgIpc) is 3.04. The zero-order valence-electron chi connectivity index (χ0n) is 17.8. The van der Waals surface area contributed by atoms with Gasteiger partial charge < -0.3 is 31.3 Å². The molecule has 2 aliphatic rings. The quantitative estimate of drug-likeness (QED) is 0.423. The summed E-state index contributed by atoms with van der Waals surface area (Å²) in [6.07, 6.45) is 2.03. The van der Waals surface area contributed by atoms with Gasteiger partial charge >= 0.3 is 12.1 Å². The molecule has 9 nitrogen and oxygen atoms in total. The van der Waals surface area contributed by atoms with E-state index < -0.39 is 6.03 Å². The van der Waals surface area contributed by atoms with Crippen molar-refractivity contribution < 1.29 is 14.3 Å². The minimum Gasteiger partial charge on any atom is -0.374 e. The molecule has 0 radical (unpaired) electrons. The number of nitrogens with two attached hydrogens (primary N) is 1. The average molecular weight is 399 g/mol. The van der Waals surface area contributed by atoms with Gasteiger partial charge in [0.15, 0.2) is 0 Å². The van der Waals surface area contributed by atoms with Gasteiger partial charge in [-0.15, -0.1) is 0 Å². The summed E-state index contributed by atoms with van der Waals surface area (Å²) in [5.74, 6) is 0. The number of carbonyl (C=O) groups excluding carboxylic acids is 2. The minimum atomic E-state index is -0.515. The molecule has 0 spiro atoms. The van der Waals surface area contributed by atoms with Crippen molar-refractivity contribution in [3.63, 3.8) is 0 Å². The van der Waals surface area contributed by atoms with Gasteiger partial charge in [-0.1, -0.05) is 0 Å². The third-order valence-electron chi connectivity index (χ3n) is 5.79. The van der Waals surface area contributed by atoms with Gasteiger partial charge in [0.2, 0.25) is 0 Å². The third kappa shape index (κ3) is 7.10. The molecule has 2 fully saturated rings. The molecule has 0 aromatic heterocycles. The number of urea groups is 2. The number of nitrogens with zero attached hydrogens (tertiary/aromatic N) is 2. The molecule has 2 rings (SSSR count). The first-order chi connectivity index (χ1) is 13.1. The number of hydrogen-bond donors (Lipinski definition) is 4. The molecule has 9 heteroatoms. The van der Waals surface area contributed by atoms with E-state index in [1.807, 2.05) is 4.90 Å². The highest BCUT2D eigenvalue weighted by Crippen LogP contribution is 2.26. The summed E-state index contributed by atoms with van der Waals surface area (Å²) in [5, 5.41) is 9.07. The first-order valence-corrected chi connectivity index (χ1v) is 10.3. The van der Waals surface area contributed by atoms with E-state index in [2.05, 4.69) is 48.5 Å². The number of rotatable bonds is 10. The molecule has 1 atom stereocenters. The Balaban J connectivity index is 1.75. The molecular weight excluding hydrogens is 360 g/mol. The molecule has 0 aliphatic carbocycles. The van der Waals surface area contributed by atoms with E-state index in [0.29, 0.717) is 13.2 Å². The Hall–Kier alpha value is -1.58. The number of primary amides is 1. The summed E-state index contributed by atoms with van der Waals surface area (Å²) in [5.41, 5.74) is 5.18. The molecule has 0 bridgehead atoms. The maximum atomic E-state index is 11.6. The lowest BCUT2D eigenvalue weighted by atomic mass is 9.87. The topological polar surface area (TPSA) is 112 Å². The largest absolute Gasteiger partial charge is 0.374 e. The maximum Gasteiger partial charge on any atom is 0.317 e. The molecule has 0 aromatic carbocycles. The van der Waals surface area contributed by atoms with Gasteiger partial charge in [-0.05, 0) is 40.5 Å². The first-order valence-electron chi connectivity index (χ1n) is 10.3. The van der Waals surface area contributed by atoms with Crippen LogP contribution in [0.3, 0.4) is 0 Å². The standard InChI is InChI=1S/C19H38N6O3/c1-18(2,23-8-10-24-9-7-21-17(24)27)5-6-19(3,4)25-11-12-28-15(14-25)13-22-16(20)26/h15,23H,5-14H2,1-4H3,(H,21,27)(H3,20,22,26). The van der Waals surface area contributed by atoms with Crippen molar-refractivity contribution in [2.75, 3.05) is 52.4 Å². The van der Waals surface area contributed by atoms with E-state index in [0.717, 1.165) is 52.1 Å². The van der Waals surface area contributed by atoms with E-state index >= 15 is 0 Å². The molecular formula is C19H38N6O3. The lowest BCUT2D eigenvalue weighted by Gasteiger charge is -2.45. The summed E-state index contributed by atoms with van der Waals surface area (Å²) < 4.78 is 5.75. The number of nitrogens with one attached hydrogen (secondary N) is 3. The SMILES string of the molecule is CC(C)(CCC(C)(C)N1CCOC(CNC(N)=O)C1)NCCN1CCNC1=O. The zero-order chi connectivity index (χ0) is 20.8. The molecule has 28 heavy (non-hydrogen) atoms.